The van der Waals surface area contributed by atoms with Gasteiger partial charge in [-0.1, -0.05) is 0 Å². The molecule has 2 N–H and O–H groups in total. The Kier molecular flexibility index (Phi) is 3.15. The number of ether oxygens (including phenoxy) is 1. The summed E-state index contributed by atoms with van der Waals surface area (Å²) in [5, 5.41) is 2.97. The molecule has 0 radical (unpaired) electrons. The third-order valence-electron chi connectivity index (χ3n) is 2.82. The van der Waals surface area contributed by atoms with Crippen LogP contribution in [-0.2, 0) is 0 Å². The Bertz CT molecular complexity index is 823. The lowest BCUT2D eigenvalue weighted by atomic mass is 10.1. The van der Waals surface area contributed by atoms with Crippen LogP contribution in [0.25, 0.3) is 22.2 Å². The maximum Gasteiger partial charge on any atom is 0.345 e. The van der Waals surface area contributed by atoms with E-state index in [9.17, 15) is 4.79 Å². The summed E-state index contributed by atoms with van der Waals surface area (Å²) in [7, 11) is 0. The number of hydrogen-bond acceptors (Lipinski definition) is 6. The first-order chi connectivity index (χ1) is 9.67. The Balaban J connectivity index is 2.15. The molecule has 1 aromatic carbocycles. The summed E-state index contributed by atoms with van der Waals surface area (Å²) in [5.41, 5.74) is 6.60. The van der Waals surface area contributed by atoms with Gasteiger partial charge in [-0.25, -0.2) is 9.78 Å². The monoisotopic (exact) mass is 288 g/mol. The van der Waals surface area contributed by atoms with Gasteiger partial charge in [0, 0.05) is 16.8 Å². The molecule has 0 aliphatic carbocycles. The first-order valence-electron chi connectivity index (χ1n) is 6.09. The molecule has 0 aliphatic rings. The molecule has 0 saturated carbocycles. The van der Waals surface area contributed by atoms with Crippen molar-refractivity contribution in [2.75, 3.05) is 12.3 Å². The van der Waals surface area contributed by atoms with E-state index in [0.717, 1.165) is 5.39 Å². The summed E-state index contributed by atoms with van der Waals surface area (Å²) in [6, 6.07) is 7.15. The fourth-order valence-corrected chi connectivity index (χ4v) is 2.50. The molecule has 2 heterocycles. The van der Waals surface area contributed by atoms with Crippen molar-refractivity contribution >= 4 is 27.4 Å². The molecule has 102 valence electrons. The Morgan fingerprint density at radius 2 is 2.25 bits per heavy atom. The van der Waals surface area contributed by atoms with Crippen LogP contribution in [-0.4, -0.2) is 11.6 Å². The van der Waals surface area contributed by atoms with Crippen LogP contribution < -0.4 is 16.1 Å². The molecule has 6 heteroatoms. The number of anilines is 1. The predicted molar refractivity (Wildman–Crippen MR) is 79.2 cm³/mol. The zero-order valence-electron chi connectivity index (χ0n) is 10.8. The molecular formula is C14H12N2O3S. The minimum atomic E-state index is -0.434. The van der Waals surface area contributed by atoms with Crippen molar-refractivity contribution in [3.8, 4) is 17.0 Å². The summed E-state index contributed by atoms with van der Waals surface area (Å²) < 4.78 is 10.7. The molecule has 5 nitrogen and oxygen atoms in total. The van der Waals surface area contributed by atoms with E-state index in [2.05, 4.69) is 4.98 Å². The van der Waals surface area contributed by atoms with Gasteiger partial charge in [0.1, 0.15) is 11.3 Å². The van der Waals surface area contributed by atoms with Crippen molar-refractivity contribution in [2.24, 2.45) is 0 Å². The van der Waals surface area contributed by atoms with Crippen molar-refractivity contribution in [3.63, 3.8) is 0 Å². The van der Waals surface area contributed by atoms with Crippen molar-refractivity contribution in [1.29, 1.82) is 0 Å². The molecular weight excluding hydrogens is 276 g/mol. The highest BCUT2D eigenvalue weighted by Gasteiger charge is 2.11. The lowest BCUT2D eigenvalue weighted by Gasteiger charge is -2.04. The molecule has 0 aliphatic heterocycles. The van der Waals surface area contributed by atoms with E-state index in [1.54, 1.807) is 17.5 Å². The maximum atomic E-state index is 12.0. The number of nitrogens with zero attached hydrogens (tertiary/aromatic N) is 1. The molecule has 2 aromatic heterocycles. The van der Waals surface area contributed by atoms with E-state index in [4.69, 9.17) is 14.9 Å². The van der Waals surface area contributed by atoms with Gasteiger partial charge in [-0.15, -0.1) is 11.3 Å². The quantitative estimate of drug-likeness (QED) is 0.750. The Hall–Kier alpha value is -2.34. The molecule has 0 fully saturated rings. The summed E-state index contributed by atoms with van der Waals surface area (Å²) in [6.45, 7) is 2.46. The molecule has 0 saturated heterocycles. The van der Waals surface area contributed by atoms with Crippen LogP contribution in [0.2, 0.25) is 0 Å². The standard InChI is InChI=1S/C14H12N2O3S/c1-2-18-9-4-3-8-5-10(11-7-20-14(15)16-11)13(17)19-12(8)6-9/h3-7H,2H2,1H3,(H2,15,16). The van der Waals surface area contributed by atoms with E-state index >= 15 is 0 Å². The number of benzene rings is 1. The molecule has 0 bridgehead atoms. The first-order valence-corrected chi connectivity index (χ1v) is 6.97. The van der Waals surface area contributed by atoms with E-state index in [0.29, 0.717) is 34.3 Å². The lowest BCUT2D eigenvalue weighted by Crippen LogP contribution is -2.03. The molecule has 0 amide bonds. The summed E-state index contributed by atoms with van der Waals surface area (Å²) >= 11 is 1.29. The molecule has 0 unspecified atom stereocenters. The minimum absolute atomic E-state index is 0.412. The van der Waals surface area contributed by atoms with Crippen molar-refractivity contribution in [1.82, 2.24) is 4.98 Å². The van der Waals surface area contributed by atoms with Crippen molar-refractivity contribution in [3.05, 3.63) is 40.1 Å². The highest BCUT2D eigenvalue weighted by atomic mass is 32.1. The second-order valence-electron chi connectivity index (χ2n) is 4.15. The van der Waals surface area contributed by atoms with E-state index in [1.165, 1.54) is 11.3 Å². The van der Waals surface area contributed by atoms with Crippen LogP contribution in [0.4, 0.5) is 5.13 Å². The Labute approximate surface area is 118 Å². The number of hydrogen-bond donors (Lipinski definition) is 1. The van der Waals surface area contributed by atoms with Crippen LogP contribution in [0.3, 0.4) is 0 Å². The van der Waals surface area contributed by atoms with Gasteiger partial charge in [0.25, 0.3) is 0 Å². The van der Waals surface area contributed by atoms with E-state index in [-0.39, 0.29) is 0 Å². The summed E-state index contributed by atoms with van der Waals surface area (Å²) in [6.07, 6.45) is 0. The zero-order chi connectivity index (χ0) is 14.1. The van der Waals surface area contributed by atoms with Crippen LogP contribution >= 0.6 is 11.3 Å². The van der Waals surface area contributed by atoms with Gasteiger partial charge in [0.15, 0.2) is 5.13 Å². The fourth-order valence-electron chi connectivity index (χ4n) is 1.94. The summed E-state index contributed by atoms with van der Waals surface area (Å²) in [4.78, 5) is 16.1. The SMILES string of the molecule is CCOc1ccc2cc(-c3csc(N)n3)c(=O)oc2c1. The van der Waals surface area contributed by atoms with E-state index < -0.39 is 5.63 Å². The smallest absolute Gasteiger partial charge is 0.345 e. The van der Waals surface area contributed by atoms with Gasteiger partial charge in [-0.05, 0) is 25.1 Å². The second kappa shape index (κ2) is 4.97. The normalized spacial score (nSPS) is 10.8. The highest BCUT2D eigenvalue weighted by molar-refractivity contribution is 7.13. The highest BCUT2D eigenvalue weighted by Crippen LogP contribution is 2.25. The maximum absolute atomic E-state index is 12.0. The summed E-state index contributed by atoms with van der Waals surface area (Å²) in [5.74, 6) is 0.675. The number of rotatable bonds is 3. The minimum Gasteiger partial charge on any atom is -0.494 e. The van der Waals surface area contributed by atoms with Gasteiger partial charge < -0.3 is 14.9 Å². The number of nitrogen functional groups attached to an aromatic ring is 1. The van der Waals surface area contributed by atoms with Gasteiger partial charge in [-0.2, -0.15) is 0 Å². The number of nitrogens with two attached hydrogens (primary N) is 1. The third kappa shape index (κ3) is 2.25. The molecule has 0 spiro atoms. The first kappa shape index (κ1) is 12.7. The van der Waals surface area contributed by atoms with Crippen LogP contribution in [0.15, 0.2) is 38.9 Å². The predicted octanol–water partition coefficient (Wildman–Crippen LogP) is 2.90. The molecule has 3 rings (SSSR count). The Morgan fingerprint density at radius 1 is 1.40 bits per heavy atom. The average molecular weight is 288 g/mol. The number of aromatic nitrogens is 1. The van der Waals surface area contributed by atoms with Gasteiger partial charge >= 0.3 is 5.63 Å². The van der Waals surface area contributed by atoms with Crippen LogP contribution in [0, 0.1) is 0 Å². The molecule has 0 atom stereocenters. The topological polar surface area (TPSA) is 78.4 Å². The molecule has 20 heavy (non-hydrogen) atoms. The lowest BCUT2D eigenvalue weighted by molar-refractivity contribution is 0.340. The Morgan fingerprint density at radius 3 is 2.95 bits per heavy atom. The van der Waals surface area contributed by atoms with Crippen LogP contribution in [0.5, 0.6) is 5.75 Å². The van der Waals surface area contributed by atoms with Gasteiger partial charge in [0.2, 0.25) is 0 Å². The number of fused-ring (bicyclic) bond motifs is 1. The van der Waals surface area contributed by atoms with Crippen molar-refractivity contribution < 1.29 is 9.15 Å². The number of thiazole rings is 1. The average Bonchev–Trinajstić information content (AvgIpc) is 2.85. The van der Waals surface area contributed by atoms with Gasteiger partial charge in [-0.3, -0.25) is 0 Å². The van der Waals surface area contributed by atoms with Gasteiger partial charge in [0.05, 0.1) is 17.9 Å². The molecule has 3 aromatic rings. The van der Waals surface area contributed by atoms with Crippen LogP contribution in [0.1, 0.15) is 6.92 Å². The zero-order valence-corrected chi connectivity index (χ0v) is 11.6. The van der Waals surface area contributed by atoms with E-state index in [1.807, 2.05) is 19.1 Å². The second-order valence-corrected chi connectivity index (χ2v) is 5.04. The fraction of sp³-hybridized carbons (Fsp3) is 0.143. The largest absolute Gasteiger partial charge is 0.494 e. The van der Waals surface area contributed by atoms with Crippen molar-refractivity contribution in [2.45, 2.75) is 6.92 Å². The third-order valence-corrected chi connectivity index (χ3v) is 3.49.